The molecule has 5 nitrogen and oxygen atoms in total. The average Bonchev–Trinajstić information content (AvgIpc) is 3.37. The highest BCUT2D eigenvalue weighted by Gasteiger charge is 2.22. The van der Waals surface area contributed by atoms with Crippen LogP contribution in [0, 0.1) is 5.92 Å². The normalized spacial score (nSPS) is 15.2. The topological polar surface area (TPSA) is 51.0 Å². The molecule has 7 heteroatoms. The molecule has 0 unspecified atom stereocenters. The van der Waals surface area contributed by atoms with Crippen LogP contribution in [0.1, 0.15) is 19.8 Å². The van der Waals surface area contributed by atoms with E-state index in [2.05, 4.69) is 17.1 Å². The number of benzene rings is 1. The molecule has 0 N–H and O–H groups in total. The molecule has 27 heavy (non-hydrogen) atoms. The lowest BCUT2D eigenvalue weighted by Crippen LogP contribution is -2.38. The van der Waals surface area contributed by atoms with Crippen LogP contribution in [-0.4, -0.2) is 44.4 Å². The summed E-state index contributed by atoms with van der Waals surface area (Å²) in [5.41, 5.74) is 1.01. The molecule has 0 atom stereocenters. The zero-order chi connectivity index (χ0) is 18.6. The maximum absolute atomic E-state index is 12.6. The Morgan fingerprint density at radius 1 is 1.15 bits per heavy atom. The molecule has 1 saturated heterocycles. The number of carbonyl (C=O) groups excluding carboxylic acids is 1. The van der Waals surface area contributed by atoms with Gasteiger partial charge in [-0.15, -0.1) is 21.5 Å². The van der Waals surface area contributed by atoms with Crippen molar-refractivity contribution in [2.24, 2.45) is 5.92 Å². The van der Waals surface area contributed by atoms with Gasteiger partial charge in [-0.2, -0.15) is 0 Å². The van der Waals surface area contributed by atoms with Crippen molar-refractivity contribution in [3.05, 3.63) is 47.8 Å². The van der Waals surface area contributed by atoms with E-state index in [0.29, 0.717) is 5.75 Å². The van der Waals surface area contributed by atoms with E-state index in [0.717, 1.165) is 53.4 Å². The first-order valence-electron chi connectivity index (χ1n) is 9.17. The summed E-state index contributed by atoms with van der Waals surface area (Å²) >= 11 is 3.10. The van der Waals surface area contributed by atoms with E-state index in [1.165, 1.54) is 11.8 Å². The SMILES string of the molecule is CC1CCN(C(=O)CSc2nnc(-c3cccs3)n2-c2ccccc2)CC1. The number of amides is 1. The Morgan fingerprint density at radius 2 is 1.93 bits per heavy atom. The van der Waals surface area contributed by atoms with E-state index in [1.54, 1.807) is 11.3 Å². The standard InChI is InChI=1S/C20H22N4OS2/c1-15-9-11-23(12-10-15)18(25)14-27-20-22-21-19(17-8-5-13-26-17)24(20)16-6-3-2-4-7-16/h2-8,13,15H,9-12,14H2,1H3. The smallest absolute Gasteiger partial charge is 0.233 e. The lowest BCUT2D eigenvalue weighted by Gasteiger charge is -2.30. The number of piperidine rings is 1. The highest BCUT2D eigenvalue weighted by Crippen LogP contribution is 2.30. The van der Waals surface area contributed by atoms with Gasteiger partial charge in [-0.3, -0.25) is 9.36 Å². The second-order valence-corrected chi connectivity index (χ2v) is 8.70. The Bertz CT molecular complexity index is 884. The van der Waals surface area contributed by atoms with Gasteiger partial charge >= 0.3 is 0 Å². The van der Waals surface area contributed by atoms with E-state index in [1.807, 2.05) is 57.3 Å². The van der Waals surface area contributed by atoms with Gasteiger partial charge in [0.1, 0.15) is 0 Å². The number of para-hydroxylation sites is 1. The lowest BCUT2D eigenvalue weighted by molar-refractivity contribution is -0.129. The first-order valence-corrected chi connectivity index (χ1v) is 11.0. The molecule has 1 aromatic carbocycles. The summed E-state index contributed by atoms with van der Waals surface area (Å²) in [6, 6.07) is 14.1. The summed E-state index contributed by atoms with van der Waals surface area (Å²) in [5.74, 6) is 2.12. The van der Waals surface area contributed by atoms with Crippen LogP contribution in [0.15, 0.2) is 53.0 Å². The number of likely N-dealkylation sites (tertiary alicyclic amines) is 1. The van der Waals surface area contributed by atoms with Crippen molar-refractivity contribution in [3.63, 3.8) is 0 Å². The van der Waals surface area contributed by atoms with Crippen LogP contribution in [0.25, 0.3) is 16.4 Å². The second-order valence-electron chi connectivity index (χ2n) is 6.81. The fraction of sp³-hybridized carbons (Fsp3) is 0.350. The van der Waals surface area contributed by atoms with Crippen molar-refractivity contribution in [1.82, 2.24) is 19.7 Å². The van der Waals surface area contributed by atoms with Crippen LogP contribution < -0.4 is 0 Å². The zero-order valence-corrected chi connectivity index (χ0v) is 16.9. The van der Waals surface area contributed by atoms with Crippen molar-refractivity contribution in [2.75, 3.05) is 18.8 Å². The third-order valence-electron chi connectivity index (χ3n) is 4.85. The Kier molecular flexibility index (Phi) is 5.59. The van der Waals surface area contributed by atoms with Gasteiger partial charge in [0.15, 0.2) is 11.0 Å². The van der Waals surface area contributed by atoms with Crippen LogP contribution in [0.5, 0.6) is 0 Å². The molecule has 1 fully saturated rings. The number of thioether (sulfide) groups is 1. The van der Waals surface area contributed by atoms with Crippen molar-refractivity contribution < 1.29 is 4.79 Å². The molecule has 0 aliphatic carbocycles. The first kappa shape index (κ1) is 18.3. The Balaban J connectivity index is 1.55. The molecule has 3 heterocycles. The van der Waals surface area contributed by atoms with Crippen LogP contribution >= 0.6 is 23.1 Å². The molecule has 0 spiro atoms. The number of aromatic nitrogens is 3. The highest BCUT2D eigenvalue weighted by atomic mass is 32.2. The van der Waals surface area contributed by atoms with Gasteiger partial charge in [0.05, 0.1) is 10.6 Å². The van der Waals surface area contributed by atoms with Gasteiger partial charge < -0.3 is 4.90 Å². The summed E-state index contributed by atoms with van der Waals surface area (Å²) in [6.45, 7) is 3.99. The quantitative estimate of drug-likeness (QED) is 0.600. The number of rotatable bonds is 5. The fourth-order valence-corrected chi connectivity index (χ4v) is 4.77. The minimum Gasteiger partial charge on any atom is -0.342 e. The second kappa shape index (κ2) is 8.27. The van der Waals surface area contributed by atoms with Gasteiger partial charge in [-0.05, 0) is 42.3 Å². The predicted molar refractivity (Wildman–Crippen MR) is 110 cm³/mol. The van der Waals surface area contributed by atoms with E-state index >= 15 is 0 Å². The summed E-state index contributed by atoms with van der Waals surface area (Å²) in [6.07, 6.45) is 2.19. The van der Waals surface area contributed by atoms with Gasteiger partial charge in [0, 0.05) is 18.8 Å². The molecule has 140 valence electrons. The van der Waals surface area contributed by atoms with Crippen molar-refractivity contribution in [2.45, 2.75) is 24.9 Å². The lowest BCUT2D eigenvalue weighted by atomic mass is 9.99. The molecule has 4 rings (SSSR count). The van der Waals surface area contributed by atoms with Crippen molar-refractivity contribution in [3.8, 4) is 16.4 Å². The largest absolute Gasteiger partial charge is 0.342 e. The van der Waals surface area contributed by atoms with Crippen LogP contribution in [-0.2, 0) is 4.79 Å². The molecule has 2 aromatic heterocycles. The Morgan fingerprint density at radius 3 is 2.63 bits per heavy atom. The molecule has 0 radical (unpaired) electrons. The van der Waals surface area contributed by atoms with Gasteiger partial charge in [0.25, 0.3) is 0 Å². The molecule has 0 bridgehead atoms. The van der Waals surface area contributed by atoms with E-state index in [-0.39, 0.29) is 5.91 Å². The maximum atomic E-state index is 12.6. The minimum atomic E-state index is 0.187. The molecule has 1 aliphatic heterocycles. The van der Waals surface area contributed by atoms with Crippen LogP contribution in [0.3, 0.4) is 0 Å². The van der Waals surface area contributed by atoms with Gasteiger partial charge in [0.2, 0.25) is 5.91 Å². The number of thiophene rings is 1. The van der Waals surface area contributed by atoms with E-state index in [9.17, 15) is 4.79 Å². The molecule has 1 amide bonds. The summed E-state index contributed by atoms with van der Waals surface area (Å²) in [4.78, 5) is 15.7. The number of nitrogens with zero attached hydrogens (tertiary/aromatic N) is 4. The predicted octanol–water partition coefficient (Wildman–Crippen LogP) is 4.35. The van der Waals surface area contributed by atoms with Crippen LogP contribution in [0.4, 0.5) is 0 Å². The van der Waals surface area contributed by atoms with Gasteiger partial charge in [-0.25, -0.2) is 0 Å². The van der Waals surface area contributed by atoms with Crippen molar-refractivity contribution in [1.29, 1.82) is 0 Å². The first-order chi connectivity index (χ1) is 13.2. The summed E-state index contributed by atoms with van der Waals surface area (Å²) in [5, 5.41) is 11.6. The molecular formula is C20H22N4OS2. The Hall–Kier alpha value is -2.12. The zero-order valence-electron chi connectivity index (χ0n) is 15.2. The molecule has 3 aromatic rings. The van der Waals surface area contributed by atoms with E-state index in [4.69, 9.17) is 0 Å². The fourth-order valence-electron chi connectivity index (χ4n) is 3.21. The van der Waals surface area contributed by atoms with Crippen molar-refractivity contribution >= 4 is 29.0 Å². The van der Waals surface area contributed by atoms with E-state index < -0.39 is 0 Å². The number of hydrogen-bond acceptors (Lipinski definition) is 5. The summed E-state index contributed by atoms with van der Waals surface area (Å²) < 4.78 is 2.04. The van der Waals surface area contributed by atoms with Gasteiger partial charge in [-0.1, -0.05) is 43.0 Å². The average molecular weight is 399 g/mol. The monoisotopic (exact) mass is 398 g/mol. The minimum absolute atomic E-state index is 0.187. The molecule has 0 saturated carbocycles. The number of hydrogen-bond donors (Lipinski definition) is 0. The molecular weight excluding hydrogens is 376 g/mol. The van der Waals surface area contributed by atoms with Crippen LogP contribution in [0.2, 0.25) is 0 Å². The summed E-state index contributed by atoms with van der Waals surface area (Å²) in [7, 11) is 0. The third-order valence-corrected chi connectivity index (χ3v) is 6.63. The maximum Gasteiger partial charge on any atom is 0.233 e. The highest BCUT2D eigenvalue weighted by molar-refractivity contribution is 7.99. The Labute approximate surface area is 167 Å². The molecule has 1 aliphatic rings. The number of carbonyl (C=O) groups is 1. The third kappa shape index (κ3) is 4.09.